The summed E-state index contributed by atoms with van der Waals surface area (Å²) in [6.07, 6.45) is 2.70. The number of anilines is 1. The van der Waals surface area contributed by atoms with Crippen LogP contribution in [0.25, 0.3) is 0 Å². The van der Waals surface area contributed by atoms with Gasteiger partial charge in [-0.2, -0.15) is 0 Å². The number of nitrogens with one attached hydrogen (secondary N) is 1. The molecule has 0 saturated carbocycles. The molecule has 1 amide bonds. The fraction of sp³-hybridized carbons (Fsp3) is 0.312. The number of amides is 1. The summed E-state index contributed by atoms with van der Waals surface area (Å²) in [5.74, 6) is -0.231. The number of oxime groups is 1. The van der Waals surface area contributed by atoms with Crippen molar-refractivity contribution in [1.82, 2.24) is 4.98 Å². The maximum absolute atomic E-state index is 12.5. The average molecular weight is 381 g/mol. The Morgan fingerprint density at radius 2 is 2.00 bits per heavy atom. The topological polar surface area (TPSA) is 97.7 Å². The highest BCUT2D eigenvalue weighted by Gasteiger charge is 2.18. The van der Waals surface area contributed by atoms with Crippen LogP contribution in [-0.4, -0.2) is 37.9 Å². The van der Waals surface area contributed by atoms with Crippen LogP contribution in [0, 0.1) is 5.92 Å². The molecule has 0 fully saturated rings. The molecule has 0 aliphatic rings. The predicted molar refractivity (Wildman–Crippen MR) is 97.6 cm³/mol. The van der Waals surface area contributed by atoms with E-state index in [0.29, 0.717) is 17.3 Å². The van der Waals surface area contributed by atoms with Gasteiger partial charge in [0.05, 0.1) is 4.90 Å². The molecular weight excluding hydrogens is 362 g/mol. The third-order valence-electron chi connectivity index (χ3n) is 2.99. The quantitative estimate of drug-likeness (QED) is 0.587. The molecule has 1 heterocycles. The first kappa shape index (κ1) is 19.1. The van der Waals surface area contributed by atoms with Gasteiger partial charge in [0.1, 0.15) is 6.61 Å². The summed E-state index contributed by atoms with van der Waals surface area (Å²) < 4.78 is 23.1. The number of benzene rings is 1. The highest BCUT2D eigenvalue weighted by molar-refractivity contribution is 7.90. The molecule has 0 spiro atoms. The van der Waals surface area contributed by atoms with Crippen molar-refractivity contribution in [3.63, 3.8) is 0 Å². The minimum Gasteiger partial charge on any atom is -0.395 e. The molecule has 0 atom stereocenters. The molecule has 1 N–H and O–H groups in total. The van der Waals surface area contributed by atoms with Gasteiger partial charge in [0, 0.05) is 23.4 Å². The smallest absolute Gasteiger partial charge is 0.280 e. The number of hydrogen-bond donors (Lipinski definition) is 1. The number of rotatable bonds is 7. The van der Waals surface area contributed by atoms with E-state index in [2.05, 4.69) is 15.5 Å². The Hall–Kier alpha value is -2.26. The molecule has 2 aromatic rings. The lowest BCUT2D eigenvalue weighted by Gasteiger charge is -2.08. The Kier molecular flexibility index (Phi) is 6.27. The first-order valence-corrected chi connectivity index (χ1v) is 10.3. The van der Waals surface area contributed by atoms with Crippen LogP contribution in [0.4, 0.5) is 5.13 Å². The molecule has 0 saturated heterocycles. The van der Waals surface area contributed by atoms with Crippen LogP contribution >= 0.6 is 11.3 Å². The van der Waals surface area contributed by atoms with Crippen molar-refractivity contribution in [2.45, 2.75) is 18.7 Å². The zero-order valence-electron chi connectivity index (χ0n) is 14.1. The Balaban J connectivity index is 2.28. The lowest BCUT2D eigenvalue weighted by molar-refractivity contribution is -0.110. The maximum Gasteiger partial charge on any atom is 0.280 e. The number of thiazole rings is 1. The van der Waals surface area contributed by atoms with Crippen LogP contribution in [0.3, 0.4) is 0 Å². The second kappa shape index (κ2) is 8.21. The van der Waals surface area contributed by atoms with E-state index in [1.807, 2.05) is 13.8 Å². The van der Waals surface area contributed by atoms with Gasteiger partial charge in [-0.3, -0.25) is 10.1 Å². The Morgan fingerprint density at radius 3 is 2.52 bits per heavy atom. The molecular formula is C16H19N3O4S2. The monoisotopic (exact) mass is 381 g/mol. The summed E-state index contributed by atoms with van der Waals surface area (Å²) in [5.41, 5.74) is 0.501. The van der Waals surface area contributed by atoms with Crippen molar-refractivity contribution in [1.29, 1.82) is 0 Å². The Morgan fingerprint density at radius 1 is 1.32 bits per heavy atom. The molecule has 7 nitrogen and oxygen atoms in total. The van der Waals surface area contributed by atoms with E-state index in [1.165, 1.54) is 35.6 Å². The van der Waals surface area contributed by atoms with Crippen molar-refractivity contribution >= 4 is 37.9 Å². The number of sulfone groups is 1. The second-order valence-electron chi connectivity index (χ2n) is 5.72. The highest BCUT2D eigenvalue weighted by atomic mass is 32.2. The number of carbonyl (C=O) groups is 1. The van der Waals surface area contributed by atoms with Crippen molar-refractivity contribution in [2.75, 3.05) is 18.2 Å². The summed E-state index contributed by atoms with van der Waals surface area (Å²) >= 11 is 1.28. The zero-order chi connectivity index (χ0) is 18.4. The summed E-state index contributed by atoms with van der Waals surface area (Å²) in [5, 5.41) is 8.76. The second-order valence-corrected chi connectivity index (χ2v) is 8.63. The van der Waals surface area contributed by atoms with E-state index < -0.39 is 15.7 Å². The van der Waals surface area contributed by atoms with Crippen LogP contribution < -0.4 is 5.32 Å². The van der Waals surface area contributed by atoms with Crippen molar-refractivity contribution in [3.8, 4) is 0 Å². The third kappa shape index (κ3) is 5.64. The van der Waals surface area contributed by atoms with Crippen LogP contribution in [-0.2, 0) is 19.5 Å². The standard InChI is InChI=1S/C16H19N3O4S2/c1-11(2)10-23-19-14(15(20)18-16-17-8-9-24-16)12-4-6-13(7-5-12)25(3,21)22/h4-9,11H,10H2,1-3H3,(H,17,18,20)/b19-14+. The summed E-state index contributed by atoms with van der Waals surface area (Å²) in [6, 6.07) is 5.91. The molecule has 0 unspecified atom stereocenters. The summed E-state index contributed by atoms with van der Waals surface area (Å²) in [4.78, 5) is 21.9. The number of hydrogen-bond acceptors (Lipinski definition) is 7. The van der Waals surface area contributed by atoms with Gasteiger partial charge in [0.25, 0.3) is 5.91 Å². The van der Waals surface area contributed by atoms with E-state index in [1.54, 1.807) is 11.6 Å². The van der Waals surface area contributed by atoms with Crippen molar-refractivity contribution < 1.29 is 18.0 Å². The molecule has 0 bridgehead atoms. The van der Waals surface area contributed by atoms with Gasteiger partial charge in [-0.25, -0.2) is 13.4 Å². The fourth-order valence-electron chi connectivity index (χ4n) is 1.78. The predicted octanol–water partition coefficient (Wildman–Crippen LogP) is 2.56. The normalized spacial score (nSPS) is 12.2. The van der Waals surface area contributed by atoms with Crippen LogP contribution in [0.1, 0.15) is 19.4 Å². The van der Waals surface area contributed by atoms with Crippen LogP contribution in [0.2, 0.25) is 0 Å². The molecule has 2 rings (SSSR count). The molecule has 0 radical (unpaired) electrons. The SMILES string of the molecule is CC(C)CO/N=C(/C(=O)Nc1nccs1)c1ccc(S(C)(=O)=O)cc1. The lowest BCUT2D eigenvalue weighted by atomic mass is 10.1. The highest BCUT2D eigenvalue weighted by Crippen LogP contribution is 2.14. The Bertz CT molecular complexity index is 842. The average Bonchev–Trinajstić information content (AvgIpc) is 3.03. The molecule has 1 aromatic carbocycles. The lowest BCUT2D eigenvalue weighted by Crippen LogP contribution is -2.24. The molecule has 9 heteroatoms. The first-order valence-electron chi connectivity index (χ1n) is 7.48. The number of carbonyl (C=O) groups excluding carboxylic acids is 1. The Labute approximate surface area is 150 Å². The largest absolute Gasteiger partial charge is 0.395 e. The van der Waals surface area contributed by atoms with Gasteiger partial charge in [-0.1, -0.05) is 31.1 Å². The summed E-state index contributed by atoms with van der Waals surface area (Å²) in [6.45, 7) is 4.28. The third-order valence-corrected chi connectivity index (χ3v) is 4.80. The van der Waals surface area contributed by atoms with E-state index in [-0.39, 0.29) is 16.5 Å². The van der Waals surface area contributed by atoms with E-state index in [9.17, 15) is 13.2 Å². The molecule has 1 aromatic heterocycles. The minimum atomic E-state index is -3.31. The van der Waals surface area contributed by atoms with E-state index in [4.69, 9.17) is 4.84 Å². The fourth-order valence-corrected chi connectivity index (χ4v) is 2.93. The molecule has 134 valence electrons. The maximum atomic E-state index is 12.5. The van der Waals surface area contributed by atoms with Crippen LogP contribution in [0.5, 0.6) is 0 Å². The zero-order valence-corrected chi connectivity index (χ0v) is 15.7. The summed E-state index contributed by atoms with van der Waals surface area (Å²) in [7, 11) is -3.31. The van der Waals surface area contributed by atoms with E-state index in [0.717, 1.165) is 6.26 Å². The van der Waals surface area contributed by atoms with Gasteiger partial charge in [-0.05, 0) is 18.1 Å². The molecule has 25 heavy (non-hydrogen) atoms. The van der Waals surface area contributed by atoms with Crippen molar-refractivity contribution in [2.24, 2.45) is 11.1 Å². The van der Waals surface area contributed by atoms with Gasteiger partial charge in [-0.15, -0.1) is 11.3 Å². The van der Waals surface area contributed by atoms with Gasteiger partial charge >= 0.3 is 0 Å². The van der Waals surface area contributed by atoms with Crippen molar-refractivity contribution in [3.05, 3.63) is 41.4 Å². The van der Waals surface area contributed by atoms with Gasteiger partial charge in [0.15, 0.2) is 20.7 Å². The minimum absolute atomic E-state index is 0.0518. The van der Waals surface area contributed by atoms with E-state index >= 15 is 0 Å². The number of nitrogens with zero attached hydrogens (tertiary/aromatic N) is 2. The molecule has 0 aliphatic carbocycles. The first-order chi connectivity index (χ1) is 11.8. The van der Waals surface area contributed by atoms with Gasteiger partial charge < -0.3 is 4.84 Å². The number of aromatic nitrogens is 1. The van der Waals surface area contributed by atoms with Crippen LogP contribution in [0.15, 0.2) is 45.9 Å². The van der Waals surface area contributed by atoms with Gasteiger partial charge in [0.2, 0.25) is 0 Å². The molecule has 0 aliphatic heterocycles.